The Morgan fingerprint density at radius 3 is 2.75 bits per heavy atom. The molecule has 1 aromatic rings. The first kappa shape index (κ1) is 16.3. The fourth-order valence-electron chi connectivity index (χ4n) is 2.71. The minimum absolute atomic E-state index is 0.0715. The fourth-order valence-corrected chi connectivity index (χ4v) is 2.71. The van der Waals surface area contributed by atoms with E-state index in [-0.39, 0.29) is 5.91 Å². The lowest BCUT2D eigenvalue weighted by atomic mass is 10.0. The quantitative estimate of drug-likeness (QED) is 0.723. The Morgan fingerprint density at radius 2 is 2.04 bits per heavy atom. The number of carbonyl (C=O) groups excluding carboxylic acids is 1. The van der Waals surface area contributed by atoms with Gasteiger partial charge in [0, 0.05) is 39.3 Å². The van der Waals surface area contributed by atoms with Crippen LogP contribution in [0.25, 0.3) is 0 Å². The van der Waals surface area contributed by atoms with E-state index in [0.29, 0.717) is 39.0 Å². The highest BCUT2D eigenvalue weighted by Gasteiger charge is 2.39. The van der Waals surface area contributed by atoms with Crippen molar-refractivity contribution in [3.63, 3.8) is 0 Å². The maximum absolute atomic E-state index is 12.3. The summed E-state index contributed by atoms with van der Waals surface area (Å²) < 4.78 is 11.1. The van der Waals surface area contributed by atoms with Gasteiger partial charge in [0.1, 0.15) is 13.2 Å². The number of hydrogen-bond donors (Lipinski definition) is 0. The molecule has 0 aliphatic carbocycles. The van der Waals surface area contributed by atoms with E-state index in [9.17, 15) is 4.79 Å². The lowest BCUT2D eigenvalue weighted by Gasteiger charge is -2.21. The predicted octanol–water partition coefficient (Wildman–Crippen LogP) is 2.77. The molecular weight excluding hydrogens is 306 g/mol. The number of nitrogens with zero attached hydrogens (tertiary/aromatic N) is 3. The molecule has 1 amide bonds. The molecule has 0 fully saturated rings. The predicted molar refractivity (Wildman–Crippen MR) is 88.8 cm³/mol. The van der Waals surface area contributed by atoms with Gasteiger partial charge < -0.3 is 14.4 Å². The average Bonchev–Trinajstić information content (AvgIpc) is 3.38. The van der Waals surface area contributed by atoms with Crippen molar-refractivity contribution in [3.8, 4) is 23.8 Å². The summed E-state index contributed by atoms with van der Waals surface area (Å²) in [5, 5.41) is 8.13. The van der Waals surface area contributed by atoms with Gasteiger partial charge in [0.2, 0.25) is 5.91 Å². The van der Waals surface area contributed by atoms with Crippen molar-refractivity contribution >= 4 is 5.91 Å². The SMILES string of the molecule is C#CCCC1(CCC(=O)N(C)Cc2ccc3c(c2)OCCO3)N=N1. The third-order valence-corrected chi connectivity index (χ3v) is 4.24. The average molecular weight is 327 g/mol. The van der Waals surface area contributed by atoms with E-state index < -0.39 is 5.66 Å². The van der Waals surface area contributed by atoms with E-state index >= 15 is 0 Å². The number of rotatable bonds is 7. The van der Waals surface area contributed by atoms with Crippen LogP contribution >= 0.6 is 0 Å². The molecule has 126 valence electrons. The summed E-state index contributed by atoms with van der Waals surface area (Å²) in [5.41, 5.74) is 0.609. The number of ether oxygens (including phenoxy) is 2. The zero-order valence-electron chi connectivity index (χ0n) is 13.8. The smallest absolute Gasteiger partial charge is 0.222 e. The molecule has 3 rings (SSSR count). The van der Waals surface area contributed by atoms with Gasteiger partial charge in [0.15, 0.2) is 17.2 Å². The van der Waals surface area contributed by atoms with Crippen molar-refractivity contribution in [2.24, 2.45) is 10.2 Å². The first-order valence-corrected chi connectivity index (χ1v) is 8.12. The Kier molecular flexibility index (Phi) is 4.70. The van der Waals surface area contributed by atoms with Crippen LogP contribution in [0.4, 0.5) is 0 Å². The van der Waals surface area contributed by atoms with Crippen LogP contribution in [0.2, 0.25) is 0 Å². The van der Waals surface area contributed by atoms with Gasteiger partial charge in [-0.05, 0) is 17.7 Å². The highest BCUT2D eigenvalue weighted by Crippen LogP contribution is 2.37. The van der Waals surface area contributed by atoms with E-state index in [1.807, 2.05) is 18.2 Å². The van der Waals surface area contributed by atoms with Crippen molar-refractivity contribution in [2.75, 3.05) is 20.3 Å². The number of terminal acetylenes is 1. The van der Waals surface area contributed by atoms with Crippen LogP contribution in [0.3, 0.4) is 0 Å². The minimum Gasteiger partial charge on any atom is -0.486 e. The lowest BCUT2D eigenvalue weighted by molar-refractivity contribution is -0.130. The highest BCUT2D eigenvalue weighted by atomic mass is 16.6. The van der Waals surface area contributed by atoms with Crippen LogP contribution in [0.15, 0.2) is 28.4 Å². The largest absolute Gasteiger partial charge is 0.486 e. The van der Waals surface area contributed by atoms with Gasteiger partial charge in [-0.15, -0.1) is 12.3 Å². The van der Waals surface area contributed by atoms with Crippen molar-refractivity contribution in [2.45, 2.75) is 37.9 Å². The molecule has 24 heavy (non-hydrogen) atoms. The standard InChI is InChI=1S/C18H21N3O3/c1-3-4-8-18(19-20-18)9-7-17(22)21(2)13-14-5-6-15-16(12-14)24-11-10-23-15/h1,5-6,12H,4,7-11,13H2,2H3. The van der Waals surface area contributed by atoms with Crippen LogP contribution in [0, 0.1) is 12.3 Å². The molecule has 0 unspecified atom stereocenters. The minimum atomic E-state index is -0.403. The van der Waals surface area contributed by atoms with Crippen molar-refractivity contribution in [1.82, 2.24) is 4.90 Å². The molecule has 2 aliphatic rings. The van der Waals surface area contributed by atoms with Gasteiger partial charge in [-0.2, -0.15) is 10.2 Å². The van der Waals surface area contributed by atoms with Crippen LogP contribution in [0.5, 0.6) is 11.5 Å². The van der Waals surface area contributed by atoms with Gasteiger partial charge in [0.05, 0.1) is 0 Å². The van der Waals surface area contributed by atoms with Gasteiger partial charge >= 0.3 is 0 Å². The molecular formula is C18H21N3O3. The second kappa shape index (κ2) is 6.91. The Labute approximate surface area is 141 Å². The third kappa shape index (κ3) is 3.85. The van der Waals surface area contributed by atoms with E-state index in [1.165, 1.54) is 0 Å². The summed E-state index contributed by atoms with van der Waals surface area (Å²) in [7, 11) is 1.80. The highest BCUT2D eigenvalue weighted by molar-refractivity contribution is 5.76. The maximum atomic E-state index is 12.3. The molecule has 0 spiro atoms. The molecule has 0 saturated carbocycles. The van der Waals surface area contributed by atoms with Crippen molar-refractivity contribution in [1.29, 1.82) is 0 Å². The van der Waals surface area contributed by atoms with E-state index in [0.717, 1.165) is 23.5 Å². The normalized spacial score (nSPS) is 16.3. The van der Waals surface area contributed by atoms with Gasteiger partial charge in [0.25, 0.3) is 0 Å². The number of amides is 1. The Balaban J connectivity index is 1.50. The zero-order chi connectivity index (χ0) is 17.0. The van der Waals surface area contributed by atoms with Gasteiger partial charge in [-0.1, -0.05) is 6.07 Å². The monoisotopic (exact) mass is 327 g/mol. The molecule has 0 aromatic heterocycles. The molecule has 2 heterocycles. The molecule has 0 atom stereocenters. The van der Waals surface area contributed by atoms with Crippen LogP contribution < -0.4 is 9.47 Å². The van der Waals surface area contributed by atoms with Crippen LogP contribution in [0.1, 0.15) is 31.2 Å². The molecule has 0 bridgehead atoms. The Morgan fingerprint density at radius 1 is 1.29 bits per heavy atom. The molecule has 6 heteroatoms. The second-order valence-electron chi connectivity index (χ2n) is 6.11. The summed E-state index contributed by atoms with van der Waals surface area (Å²) in [4.78, 5) is 14.0. The van der Waals surface area contributed by atoms with E-state index in [4.69, 9.17) is 15.9 Å². The molecule has 6 nitrogen and oxygen atoms in total. The number of benzene rings is 1. The van der Waals surface area contributed by atoms with E-state index in [2.05, 4.69) is 16.1 Å². The summed E-state index contributed by atoms with van der Waals surface area (Å²) >= 11 is 0. The van der Waals surface area contributed by atoms with Crippen LogP contribution in [-0.2, 0) is 11.3 Å². The molecule has 0 saturated heterocycles. The summed E-state index contributed by atoms with van der Waals surface area (Å²) in [6, 6.07) is 5.77. The molecule has 2 aliphatic heterocycles. The molecule has 0 radical (unpaired) electrons. The second-order valence-corrected chi connectivity index (χ2v) is 6.11. The summed E-state index contributed by atoms with van der Waals surface area (Å²) in [5.74, 6) is 4.16. The van der Waals surface area contributed by atoms with Crippen LogP contribution in [-0.4, -0.2) is 36.7 Å². The first-order chi connectivity index (χ1) is 11.6. The Hall–Kier alpha value is -2.55. The summed E-state index contributed by atoms with van der Waals surface area (Å²) in [6.07, 6.45) is 7.67. The van der Waals surface area contributed by atoms with Gasteiger partial charge in [-0.3, -0.25) is 4.79 Å². The number of carbonyl (C=O) groups is 1. The molecule has 1 aromatic carbocycles. The fraction of sp³-hybridized carbons (Fsp3) is 0.500. The Bertz CT molecular complexity index is 687. The van der Waals surface area contributed by atoms with Crippen molar-refractivity contribution in [3.05, 3.63) is 23.8 Å². The van der Waals surface area contributed by atoms with Gasteiger partial charge in [-0.25, -0.2) is 0 Å². The number of hydrogen-bond acceptors (Lipinski definition) is 5. The lowest BCUT2D eigenvalue weighted by Crippen LogP contribution is -2.27. The summed E-state index contributed by atoms with van der Waals surface area (Å²) in [6.45, 7) is 1.65. The van der Waals surface area contributed by atoms with E-state index in [1.54, 1.807) is 11.9 Å². The van der Waals surface area contributed by atoms with Crippen molar-refractivity contribution < 1.29 is 14.3 Å². The first-order valence-electron chi connectivity index (χ1n) is 8.12. The number of fused-ring (bicyclic) bond motifs is 1. The third-order valence-electron chi connectivity index (χ3n) is 4.24. The maximum Gasteiger partial charge on any atom is 0.222 e. The zero-order valence-corrected chi connectivity index (χ0v) is 13.8. The molecule has 0 N–H and O–H groups in total. The topological polar surface area (TPSA) is 63.5 Å².